The lowest BCUT2D eigenvalue weighted by atomic mass is 10.1. The van der Waals surface area contributed by atoms with E-state index in [-0.39, 0.29) is 16.4 Å². The summed E-state index contributed by atoms with van der Waals surface area (Å²) in [7, 11) is 2.86. The smallest absolute Gasteiger partial charge is 0.261 e. The van der Waals surface area contributed by atoms with Crippen molar-refractivity contribution >= 4 is 25.6 Å². The van der Waals surface area contributed by atoms with E-state index < -0.39 is 9.05 Å². The van der Waals surface area contributed by atoms with Gasteiger partial charge in [-0.05, 0) is 37.0 Å². The highest BCUT2D eigenvalue weighted by atomic mass is 35.7. The molecular formula is C14H18ClNO4S. The van der Waals surface area contributed by atoms with Crippen LogP contribution in [0.15, 0.2) is 23.1 Å². The summed E-state index contributed by atoms with van der Waals surface area (Å²) in [5.74, 6) is 0.476. The van der Waals surface area contributed by atoms with Crippen molar-refractivity contribution < 1.29 is 17.9 Å². The number of amides is 1. The minimum atomic E-state index is -3.88. The zero-order valence-corrected chi connectivity index (χ0v) is 13.3. The zero-order chi connectivity index (χ0) is 15.5. The van der Waals surface area contributed by atoms with E-state index in [1.807, 2.05) is 0 Å². The maximum absolute atomic E-state index is 12.2. The van der Waals surface area contributed by atoms with Crippen LogP contribution < -0.4 is 10.1 Å². The van der Waals surface area contributed by atoms with E-state index in [2.05, 4.69) is 5.32 Å². The molecule has 0 bridgehead atoms. The number of rotatable bonds is 5. The molecule has 1 saturated carbocycles. The van der Waals surface area contributed by atoms with Gasteiger partial charge < -0.3 is 10.1 Å². The molecule has 0 spiro atoms. The number of halogens is 1. The number of methoxy groups -OCH3 is 1. The second kappa shape index (κ2) is 6.66. The van der Waals surface area contributed by atoms with Gasteiger partial charge in [0.2, 0.25) is 0 Å². The van der Waals surface area contributed by atoms with Crippen molar-refractivity contribution in [2.45, 2.75) is 30.6 Å². The molecule has 1 amide bonds. The van der Waals surface area contributed by atoms with Gasteiger partial charge >= 0.3 is 0 Å². The first-order chi connectivity index (χ1) is 9.91. The van der Waals surface area contributed by atoms with Crippen LogP contribution in [-0.4, -0.2) is 28.0 Å². The highest BCUT2D eigenvalue weighted by molar-refractivity contribution is 8.13. The summed E-state index contributed by atoms with van der Waals surface area (Å²) in [5, 5.41) is 2.84. The monoisotopic (exact) mass is 331 g/mol. The molecule has 2 rings (SSSR count). The molecule has 1 fully saturated rings. The molecule has 21 heavy (non-hydrogen) atoms. The van der Waals surface area contributed by atoms with Gasteiger partial charge in [-0.25, -0.2) is 8.42 Å². The molecule has 1 aromatic rings. The van der Waals surface area contributed by atoms with Crippen LogP contribution >= 0.6 is 10.7 Å². The predicted octanol–water partition coefficient (Wildman–Crippen LogP) is 2.54. The van der Waals surface area contributed by atoms with Gasteiger partial charge in [0.1, 0.15) is 5.75 Å². The largest absolute Gasteiger partial charge is 0.496 e. The Kier molecular flexibility index (Phi) is 5.11. The van der Waals surface area contributed by atoms with E-state index in [1.54, 1.807) is 0 Å². The fourth-order valence-corrected chi connectivity index (χ4v) is 3.34. The molecule has 1 aliphatic rings. The maximum atomic E-state index is 12.2. The summed E-state index contributed by atoms with van der Waals surface area (Å²) in [6.45, 7) is 0.597. The lowest BCUT2D eigenvalue weighted by Gasteiger charge is -2.13. The Hall–Kier alpha value is -1.27. The van der Waals surface area contributed by atoms with E-state index in [1.165, 1.54) is 38.2 Å². The van der Waals surface area contributed by atoms with Crippen molar-refractivity contribution in [3.63, 3.8) is 0 Å². The Bertz CT molecular complexity index is 624. The Morgan fingerprint density at radius 3 is 2.62 bits per heavy atom. The second-order valence-electron chi connectivity index (χ2n) is 5.16. The van der Waals surface area contributed by atoms with Crippen molar-refractivity contribution in [2.75, 3.05) is 13.7 Å². The average Bonchev–Trinajstić information content (AvgIpc) is 2.96. The van der Waals surface area contributed by atoms with Crippen LogP contribution in [0, 0.1) is 5.92 Å². The average molecular weight is 332 g/mol. The number of carbonyl (C=O) groups excluding carboxylic acids is 1. The first-order valence-corrected chi connectivity index (χ1v) is 9.13. The van der Waals surface area contributed by atoms with E-state index in [0.717, 1.165) is 12.8 Å². The third kappa shape index (κ3) is 4.11. The number of hydrogen-bond acceptors (Lipinski definition) is 4. The van der Waals surface area contributed by atoms with Gasteiger partial charge in [0.05, 0.1) is 17.6 Å². The molecule has 0 heterocycles. The van der Waals surface area contributed by atoms with Crippen LogP contribution in [0.1, 0.15) is 36.0 Å². The molecule has 0 radical (unpaired) electrons. The molecule has 0 unspecified atom stereocenters. The van der Waals surface area contributed by atoms with E-state index >= 15 is 0 Å². The molecule has 5 nitrogen and oxygen atoms in total. The molecule has 7 heteroatoms. The van der Waals surface area contributed by atoms with Crippen LogP contribution in [0.3, 0.4) is 0 Å². The van der Waals surface area contributed by atoms with Gasteiger partial charge in [-0.2, -0.15) is 0 Å². The van der Waals surface area contributed by atoms with Crippen molar-refractivity contribution in [2.24, 2.45) is 5.92 Å². The van der Waals surface area contributed by atoms with Crippen LogP contribution in [0.2, 0.25) is 0 Å². The SMILES string of the molecule is COc1ccc(S(=O)(=O)Cl)cc1C(=O)NCC1CCCC1. The zero-order valence-electron chi connectivity index (χ0n) is 11.8. The van der Waals surface area contributed by atoms with Crippen LogP contribution in [0.25, 0.3) is 0 Å². The number of benzene rings is 1. The van der Waals surface area contributed by atoms with Gasteiger partial charge in [0.15, 0.2) is 0 Å². The lowest BCUT2D eigenvalue weighted by molar-refractivity contribution is 0.0944. The predicted molar refractivity (Wildman–Crippen MR) is 80.3 cm³/mol. The van der Waals surface area contributed by atoms with Crippen LogP contribution in [-0.2, 0) is 9.05 Å². The summed E-state index contributed by atoms with van der Waals surface area (Å²) in [4.78, 5) is 12.1. The Balaban J connectivity index is 2.17. The van der Waals surface area contributed by atoms with Gasteiger partial charge in [0.25, 0.3) is 15.0 Å². The van der Waals surface area contributed by atoms with Gasteiger partial charge in [-0.3, -0.25) is 4.79 Å². The summed E-state index contributed by atoms with van der Waals surface area (Å²) in [5.41, 5.74) is 0.178. The molecule has 1 aliphatic carbocycles. The minimum absolute atomic E-state index is 0.115. The molecule has 1 N–H and O–H groups in total. The Morgan fingerprint density at radius 1 is 1.38 bits per heavy atom. The molecule has 0 aliphatic heterocycles. The van der Waals surface area contributed by atoms with E-state index in [0.29, 0.717) is 18.2 Å². The first kappa shape index (κ1) is 16.1. The number of nitrogens with one attached hydrogen (secondary N) is 1. The lowest BCUT2D eigenvalue weighted by Crippen LogP contribution is -2.28. The van der Waals surface area contributed by atoms with Crippen molar-refractivity contribution in [3.05, 3.63) is 23.8 Å². The molecular weight excluding hydrogens is 314 g/mol. The first-order valence-electron chi connectivity index (χ1n) is 6.82. The molecule has 0 saturated heterocycles. The fourth-order valence-electron chi connectivity index (χ4n) is 2.56. The quantitative estimate of drug-likeness (QED) is 0.841. The number of hydrogen-bond donors (Lipinski definition) is 1. The van der Waals surface area contributed by atoms with Crippen molar-refractivity contribution in [1.29, 1.82) is 0 Å². The highest BCUT2D eigenvalue weighted by Gasteiger charge is 2.20. The topological polar surface area (TPSA) is 72.5 Å². The van der Waals surface area contributed by atoms with Gasteiger partial charge in [-0.1, -0.05) is 12.8 Å². The summed E-state index contributed by atoms with van der Waals surface area (Å²) >= 11 is 0. The third-order valence-electron chi connectivity index (χ3n) is 3.72. The summed E-state index contributed by atoms with van der Waals surface area (Å²) in [6, 6.07) is 3.99. The maximum Gasteiger partial charge on any atom is 0.261 e. The van der Waals surface area contributed by atoms with Crippen molar-refractivity contribution in [3.8, 4) is 5.75 Å². The van der Waals surface area contributed by atoms with E-state index in [4.69, 9.17) is 15.4 Å². The van der Waals surface area contributed by atoms with Gasteiger partial charge in [-0.15, -0.1) is 0 Å². The van der Waals surface area contributed by atoms with Crippen LogP contribution in [0.4, 0.5) is 0 Å². The highest BCUT2D eigenvalue weighted by Crippen LogP contribution is 2.26. The minimum Gasteiger partial charge on any atom is -0.496 e. The fraction of sp³-hybridized carbons (Fsp3) is 0.500. The Labute approximate surface area is 129 Å². The number of ether oxygens (including phenoxy) is 1. The van der Waals surface area contributed by atoms with E-state index in [9.17, 15) is 13.2 Å². The second-order valence-corrected chi connectivity index (χ2v) is 7.73. The normalized spacial score (nSPS) is 15.9. The van der Waals surface area contributed by atoms with Crippen molar-refractivity contribution in [1.82, 2.24) is 5.32 Å². The Morgan fingerprint density at radius 2 is 2.05 bits per heavy atom. The van der Waals surface area contributed by atoms with Gasteiger partial charge in [0, 0.05) is 17.2 Å². The third-order valence-corrected chi connectivity index (χ3v) is 5.07. The van der Waals surface area contributed by atoms with Crippen LogP contribution in [0.5, 0.6) is 5.75 Å². The summed E-state index contributed by atoms with van der Waals surface area (Å²) < 4.78 is 27.8. The number of carbonyl (C=O) groups is 1. The molecule has 116 valence electrons. The molecule has 0 aromatic heterocycles. The molecule has 0 atom stereocenters. The summed E-state index contributed by atoms with van der Waals surface area (Å²) in [6.07, 6.45) is 4.63. The standard InChI is InChI=1S/C14H18ClNO4S/c1-20-13-7-6-11(21(15,18)19)8-12(13)14(17)16-9-10-4-2-3-5-10/h6-8,10H,2-5,9H2,1H3,(H,16,17). The molecule has 1 aromatic carbocycles.